The lowest BCUT2D eigenvalue weighted by Gasteiger charge is -2.15. The standard InChI is InChI=1S/C18H21NO2/c1-13-8-10-16(11-9-13)15(3)19-18(20)12-21-17-7-5-4-6-14(17)2/h4-11,15H,12H2,1-3H3,(H,19,20)/t15-/m0/s1. The lowest BCUT2D eigenvalue weighted by atomic mass is 10.1. The van der Waals surface area contributed by atoms with Crippen LogP contribution in [0.4, 0.5) is 0 Å². The fraction of sp³-hybridized carbons (Fsp3) is 0.278. The lowest BCUT2D eigenvalue weighted by Crippen LogP contribution is -2.31. The maximum Gasteiger partial charge on any atom is 0.258 e. The van der Waals surface area contributed by atoms with Crippen molar-refractivity contribution < 1.29 is 9.53 Å². The van der Waals surface area contributed by atoms with Crippen molar-refractivity contribution in [3.63, 3.8) is 0 Å². The highest BCUT2D eigenvalue weighted by atomic mass is 16.5. The molecule has 0 aromatic heterocycles. The van der Waals surface area contributed by atoms with Gasteiger partial charge in [0, 0.05) is 0 Å². The van der Waals surface area contributed by atoms with Crippen molar-refractivity contribution in [3.05, 3.63) is 65.2 Å². The normalized spacial score (nSPS) is 11.8. The van der Waals surface area contributed by atoms with Gasteiger partial charge < -0.3 is 10.1 Å². The molecule has 1 amide bonds. The number of carbonyl (C=O) groups is 1. The zero-order valence-corrected chi connectivity index (χ0v) is 12.7. The van der Waals surface area contributed by atoms with Crippen LogP contribution < -0.4 is 10.1 Å². The van der Waals surface area contributed by atoms with Gasteiger partial charge in [-0.05, 0) is 38.0 Å². The summed E-state index contributed by atoms with van der Waals surface area (Å²) in [6.45, 7) is 6.00. The molecular formula is C18H21NO2. The highest BCUT2D eigenvalue weighted by Crippen LogP contribution is 2.16. The third kappa shape index (κ3) is 4.35. The summed E-state index contributed by atoms with van der Waals surface area (Å²) >= 11 is 0. The van der Waals surface area contributed by atoms with Crippen LogP contribution in [0.5, 0.6) is 5.75 Å². The van der Waals surface area contributed by atoms with Crippen molar-refractivity contribution in [2.24, 2.45) is 0 Å². The summed E-state index contributed by atoms with van der Waals surface area (Å²) in [5, 5.41) is 2.94. The molecule has 0 radical (unpaired) electrons. The molecule has 2 aromatic carbocycles. The monoisotopic (exact) mass is 283 g/mol. The largest absolute Gasteiger partial charge is 0.484 e. The molecule has 2 rings (SSSR count). The first-order chi connectivity index (χ1) is 10.1. The van der Waals surface area contributed by atoms with Crippen LogP contribution in [-0.4, -0.2) is 12.5 Å². The average molecular weight is 283 g/mol. The predicted octanol–water partition coefficient (Wildman–Crippen LogP) is 3.56. The molecule has 1 atom stereocenters. The molecule has 110 valence electrons. The van der Waals surface area contributed by atoms with E-state index in [4.69, 9.17) is 4.74 Å². The highest BCUT2D eigenvalue weighted by molar-refractivity contribution is 5.78. The molecule has 3 heteroatoms. The molecule has 0 heterocycles. The van der Waals surface area contributed by atoms with Gasteiger partial charge in [0.25, 0.3) is 5.91 Å². The molecule has 0 saturated heterocycles. The fourth-order valence-electron chi connectivity index (χ4n) is 2.08. The summed E-state index contributed by atoms with van der Waals surface area (Å²) in [6.07, 6.45) is 0. The van der Waals surface area contributed by atoms with Gasteiger partial charge in [-0.15, -0.1) is 0 Å². The third-order valence-corrected chi connectivity index (χ3v) is 3.41. The molecule has 0 saturated carbocycles. The molecule has 0 spiro atoms. The Hall–Kier alpha value is -2.29. The van der Waals surface area contributed by atoms with E-state index in [1.54, 1.807) is 0 Å². The minimum Gasteiger partial charge on any atom is -0.484 e. The van der Waals surface area contributed by atoms with Crippen LogP contribution in [0.1, 0.15) is 29.7 Å². The van der Waals surface area contributed by atoms with Crippen LogP contribution in [0, 0.1) is 13.8 Å². The van der Waals surface area contributed by atoms with E-state index in [2.05, 4.69) is 5.32 Å². The van der Waals surface area contributed by atoms with Crippen LogP contribution in [0.25, 0.3) is 0 Å². The third-order valence-electron chi connectivity index (χ3n) is 3.41. The van der Waals surface area contributed by atoms with Gasteiger partial charge >= 0.3 is 0 Å². The van der Waals surface area contributed by atoms with E-state index in [9.17, 15) is 4.79 Å². The van der Waals surface area contributed by atoms with Crippen LogP contribution in [-0.2, 0) is 4.79 Å². The number of aryl methyl sites for hydroxylation is 2. The maximum atomic E-state index is 11.9. The van der Waals surface area contributed by atoms with Crippen molar-refractivity contribution in [2.45, 2.75) is 26.8 Å². The number of amides is 1. The average Bonchev–Trinajstić information content (AvgIpc) is 2.47. The van der Waals surface area contributed by atoms with E-state index in [0.717, 1.165) is 16.9 Å². The number of carbonyl (C=O) groups excluding carboxylic acids is 1. The Morgan fingerprint density at radius 3 is 2.43 bits per heavy atom. The van der Waals surface area contributed by atoms with Crippen molar-refractivity contribution >= 4 is 5.91 Å². The number of benzene rings is 2. The number of rotatable bonds is 5. The van der Waals surface area contributed by atoms with E-state index in [1.165, 1.54) is 5.56 Å². The summed E-state index contributed by atoms with van der Waals surface area (Å²) in [6, 6.07) is 15.8. The molecule has 3 nitrogen and oxygen atoms in total. The number of hydrogen-bond acceptors (Lipinski definition) is 2. The van der Waals surface area contributed by atoms with Crippen molar-refractivity contribution in [2.75, 3.05) is 6.61 Å². The molecule has 0 bridgehead atoms. The Morgan fingerprint density at radius 2 is 1.76 bits per heavy atom. The van der Waals surface area contributed by atoms with Crippen molar-refractivity contribution in [3.8, 4) is 5.75 Å². The first-order valence-electron chi connectivity index (χ1n) is 7.10. The second-order valence-electron chi connectivity index (χ2n) is 5.25. The van der Waals surface area contributed by atoms with Gasteiger partial charge in [0.05, 0.1) is 6.04 Å². The minimum atomic E-state index is -0.119. The zero-order valence-electron chi connectivity index (χ0n) is 12.7. The molecule has 0 unspecified atom stereocenters. The molecule has 0 fully saturated rings. The molecule has 0 aliphatic heterocycles. The van der Waals surface area contributed by atoms with E-state index in [0.29, 0.717) is 0 Å². The van der Waals surface area contributed by atoms with Gasteiger partial charge in [0.2, 0.25) is 0 Å². The van der Waals surface area contributed by atoms with Crippen LogP contribution >= 0.6 is 0 Å². The van der Waals surface area contributed by atoms with E-state index < -0.39 is 0 Å². The Kier molecular flexibility index (Phi) is 4.99. The smallest absolute Gasteiger partial charge is 0.258 e. The second kappa shape index (κ2) is 6.93. The summed E-state index contributed by atoms with van der Waals surface area (Å²) in [5.41, 5.74) is 3.32. The predicted molar refractivity (Wildman–Crippen MR) is 84.4 cm³/mol. The Morgan fingerprint density at radius 1 is 1.10 bits per heavy atom. The van der Waals surface area contributed by atoms with Gasteiger partial charge in [-0.25, -0.2) is 0 Å². The molecule has 0 aliphatic carbocycles. The Labute approximate surface area is 126 Å². The number of nitrogens with one attached hydrogen (secondary N) is 1. The van der Waals surface area contributed by atoms with Crippen LogP contribution in [0.15, 0.2) is 48.5 Å². The van der Waals surface area contributed by atoms with Crippen molar-refractivity contribution in [1.29, 1.82) is 0 Å². The van der Waals surface area contributed by atoms with Gasteiger partial charge in [0.1, 0.15) is 5.75 Å². The molecule has 1 N–H and O–H groups in total. The summed E-state index contributed by atoms with van der Waals surface area (Å²) < 4.78 is 5.54. The van der Waals surface area contributed by atoms with Crippen LogP contribution in [0.2, 0.25) is 0 Å². The van der Waals surface area contributed by atoms with Gasteiger partial charge in [-0.1, -0.05) is 48.0 Å². The summed E-state index contributed by atoms with van der Waals surface area (Å²) in [7, 11) is 0. The van der Waals surface area contributed by atoms with Crippen molar-refractivity contribution in [1.82, 2.24) is 5.32 Å². The van der Waals surface area contributed by atoms with Gasteiger partial charge in [0.15, 0.2) is 6.61 Å². The summed E-state index contributed by atoms with van der Waals surface area (Å²) in [5.74, 6) is 0.627. The van der Waals surface area contributed by atoms with Gasteiger partial charge in [-0.2, -0.15) is 0 Å². The minimum absolute atomic E-state index is 0.0288. The number of para-hydroxylation sites is 1. The highest BCUT2D eigenvalue weighted by Gasteiger charge is 2.10. The van der Waals surface area contributed by atoms with Gasteiger partial charge in [-0.3, -0.25) is 4.79 Å². The number of ether oxygens (including phenoxy) is 1. The molecule has 21 heavy (non-hydrogen) atoms. The maximum absolute atomic E-state index is 11.9. The quantitative estimate of drug-likeness (QED) is 0.911. The lowest BCUT2D eigenvalue weighted by molar-refractivity contribution is -0.123. The van der Waals surface area contributed by atoms with E-state index in [1.807, 2.05) is 69.3 Å². The second-order valence-corrected chi connectivity index (χ2v) is 5.25. The van der Waals surface area contributed by atoms with Crippen LogP contribution in [0.3, 0.4) is 0 Å². The Balaban J connectivity index is 1.87. The first kappa shape index (κ1) is 15.1. The van der Waals surface area contributed by atoms with E-state index >= 15 is 0 Å². The first-order valence-corrected chi connectivity index (χ1v) is 7.10. The molecule has 0 aliphatic rings. The van der Waals surface area contributed by atoms with E-state index in [-0.39, 0.29) is 18.6 Å². The SMILES string of the molecule is Cc1ccc([C@H](C)NC(=O)COc2ccccc2C)cc1. The summed E-state index contributed by atoms with van der Waals surface area (Å²) in [4.78, 5) is 11.9. The molecular weight excluding hydrogens is 262 g/mol. The number of hydrogen-bond donors (Lipinski definition) is 1. The molecule has 2 aromatic rings. The fourth-order valence-corrected chi connectivity index (χ4v) is 2.08. The Bertz CT molecular complexity index is 605. The zero-order chi connectivity index (χ0) is 15.2. The topological polar surface area (TPSA) is 38.3 Å².